The van der Waals surface area contributed by atoms with E-state index in [2.05, 4.69) is 10.3 Å². The number of anilines is 1. The highest BCUT2D eigenvalue weighted by molar-refractivity contribution is 7.13. The Labute approximate surface area is 62.1 Å². The molecule has 0 radical (unpaired) electrons. The summed E-state index contributed by atoms with van der Waals surface area (Å²) in [5, 5.41) is 5.82. The molecule has 6 heteroatoms. The number of rotatable bonds is 1. The summed E-state index contributed by atoms with van der Waals surface area (Å²) in [4.78, 5) is 5.44. The van der Waals surface area contributed by atoms with Gasteiger partial charge in [0.25, 0.3) is 0 Å². The van der Waals surface area contributed by atoms with Gasteiger partial charge in [-0.15, -0.1) is 11.3 Å². The van der Waals surface area contributed by atoms with Crippen molar-refractivity contribution in [2.45, 2.75) is 0 Å². The SMILES string of the molecule is CNc1nccs1.[N-]=[N+]=[N-]. The standard InChI is InChI=1S/C4H6N2S.N3/c1-5-4-6-2-3-7-4;1-3-2/h2-3H,1H3,(H,5,6);/q;-1. The zero-order valence-corrected chi connectivity index (χ0v) is 6.17. The van der Waals surface area contributed by atoms with Crippen molar-refractivity contribution in [2.75, 3.05) is 12.4 Å². The van der Waals surface area contributed by atoms with Gasteiger partial charge in [-0.3, -0.25) is 4.91 Å². The first-order chi connectivity index (χ1) is 4.85. The third-order valence-corrected chi connectivity index (χ3v) is 1.44. The van der Waals surface area contributed by atoms with Gasteiger partial charge in [0.05, 0.1) is 0 Å². The van der Waals surface area contributed by atoms with E-state index in [9.17, 15) is 0 Å². The van der Waals surface area contributed by atoms with Gasteiger partial charge in [-0.2, -0.15) is 0 Å². The molecule has 1 aromatic heterocycles. The molecule has 0 atom stereocenters. The van der Waals surface area contributed by atoms with E-state index in [1.807, 2.05) is 12.4 Å². The first-order valence-electron chi connectivity index (χ1n) is 2.40. The fourth-order valence-corrected chi connectivity index (χ4v) is 0.837. The predicted molar refractivity (Wildman–Crippen MR) is 41.7 cm³/mol. The smallest absolute Gasteiger partial charge is 0.182 e. The molecule has 10 heavy (non-hydrogen) atoms. The van der Waals surface area contributed by atoms with Gasteiger partial charge in [-0.05, 0) is 0 Å². The minimum Gasteiger partial charge on any atom is -0.373 e. The Morgan fingerprint density at radius 3 is 2.50 bits per heavy atom. The predicted octanol–water partition coefficient (Wildman–Crippen LogP) is 2.05. The summed E-state index contributed by atoms with van der Waals surface area (Å²) >= 11 is 1.60. The monoisotopic (exact) mass is 156 g/mol. The normalized spacial score (nSPS) is 6.90. The molecular weight excluding hydrogens is 150 g/mol. The van der Waals surface area contributed by atoms with Crippen molar-refractivity contribution in [3.63, 3.8) is 0 Å². The Kier molecular flexibility index (Phi) is 5.13. The quantitative estimate of drug-likeness (QED) is 0.383. The number of nitrogens with zero attached hydrogens (tertiary/aromatic N) is 4. The fraction of sp³-hybridized carbons (Fsp3) is 0.250. The molecule has 0 aliphatic rings. The average molecular weight is 156 g/mol. The maximum absolute atomic E-state index is 6.75. The van der Waals surface area contributed by atoms with E-state index in [-0.39, 0.29) is 0 Å². The van der Waals surface area contributed by atoms with Gasteiger partial charge in [0.1, 0.15) is 0 Å². The molecule has 1 rings (SSSR count). The molecule has 0 saturated carbocycles. The molecule has 54 valence electrons. The third-order valence-electron chi connectivity index (χ3n) is 0.646. The van der Waals surface area contributed by atoms with Crippen LogP contribution >= 0.6 is 11.3 Å². The molecule has 0 aromatic carbocycles. The lowest BCUT2D eigenvalue weighted by atomic mass is 11.0. The summed E-state index contributed by atoms with van der Waals surface area (Å²) in [5.41, 5.74) is 13.5. The molecule has 0 aliphatic carbocycles. The minimum absolute atomic E-state index is 0.972. The van der Waals surface area contributed by atoms with Crippen LogP contribution in [0.1, 0.15) is 0 Å². The lowest BCUT2D eigenvalue weighted by molar-refractivity contribution is 1.37. The Morgan fingerprint density at radius 2 is 2.30 bits per heavy atom. The molecule has 0 unspecified atom stereocenters. The average Bonchev–Trinajstić information content (AvgIpc) is 2.39. The second-order valence-corrected chi connectivity index (χ2v) is 2.07. The van der Waals surface area contributed by atoms with Crippen LogP contribution in [0.2, 0.25) is 0 Å². The van der Waals surface area contributed by atoms with Gasteiger partial charge >= 0.3 is 0 Å². The first-order valence-corrected chi connectivity index (χ1v) is 3.28. The summed E-state index contributed by atoms with van der Waals surface area (Å²) in [6.45, 7) is 0. The Bertz CT molecular complexity index is 187. The Hall–Kier alpha value is -1.26. The maximum Gasteiger partial charge on any atom is 0.182 e. The van der Waals surface area contributed by atoms with Crippen LogP contribution in [0.15, 0.2) is 11.6 Å². The molecule has 1 heterocycles. The second kappa shape index (κ2) is 5.87. The van der Waals surface area contributed by atoms with E-state index in [0.717, 1.165) is 5.13 Å². The van der Waals surface area contributed by atoms with Gasteiger partial charge in [0, 0.05) is 18.6 Å². The molecule has 0 bridgehead atoms. The third kappa shape index (κ3) is 3.71. The van der Waals surface area contributed by atoms with Crippen LogP contribution in [0.5, 0.6) is 0 Å². The molecule has 0 aliphatic heterocycles. The number of aromatic nitrogens is 1. The molecule has 5 nitrogen and oxygen atoms in total. The molecule has 0 saturated heterocycles. The molecule has 0 fully saturated rings. The topological polar surface area (TPSA) is 83.6 Å². The summed E-state index contributed by atoms with van der Waals surface area (Å²) in [6.07, 6.45) is 1.77. The lowest BCUT2D eigenvalue weighted by Crippen LogP contribution is -1.83. The van der Waals surface area contributed by atoms with E-state index < -0.39 is 0 Å². The highest BCUT2D eigenvalue weighted by Crippen LogP contribution is 2.07. The molecular formula is C4H6N5S-. The number of thiazole rings is 1. The largest absolute Gasteiger partial charge is 0.373 e. The number of hydrogen-bond donors (Lipinski definition) is 1. The number of hydrogen-bond acceptors (Lipinski definition) is 3. The second-order valence-electron chi connectivity index (χ2n) is 1.18. The number of nitrogens with one attached hydrogen (secondary N) is 1. The first kappa shape index (κ1) is 8.74. The highest BCUT2D eigenvalue weighted by Gasteiger charge is 1.82. The van der Waals surface area contributed by atoms with E-state index in [4.69, 9.17) is 11.1 Å². The molecule has 0 spiro atoms. The van der Waals surface area contributed by atoms with Gasteiger partial charge in [-0.25, -0.2) is 4.98 Å². The van der Waals surface area contributed by atoms with Crippen molar-refractivity contribution in [2.24, 2.45) is 0 Å². The van der Waals surface area contributed by atoms with Gasteiger partial charge in [0.2, 0.25) is 0 Å². The van der Waals surface area contributed by atoms with Crippen molar-refractivity contribution in [1.29, 1.82) is 0 Å². The molecule has 1 N–H and O–H groups in total. The van der Waals surface area contributed by atoms with E-state index in [1.165, 1.54) is 4.91 Å². The van der Waals surface area contributed by atoms with Crippen molar-refractivity contribution < 1.29 is 0 Å². The van der Waals surface area contributed by atoms with Crippen molar-refractivity contribution in [3.05, 3.63) is 27.6 Å². The summed E-state index contributed by atoms with van der Waals surface area (Å²) in [7, 11) is 1.86. The fourth-order valence-electron chi connectivity index (χ4n) is 0.347. The van der Waals surface area contributed by atoms with Crippen LogP contribution in [0.4, 0.5) is 5.13 Å². The van der Waals surface area contributed by atoms with Crippen molar-refractivity contribution >= 4 is 16.5 Å². The van der Waals surface area contributed by atoms with Crippen LogP contribution in [0, 0.1) is 0 Å². The summed E-state index contributed by atoms with van der Waals surface area (Å²) in [6, 6.07) is 0. The van der Waals surface area contributed by atoms with Crippen LogP contribution in [0.3, 0.4) is 0 Å². The Morgan fingerprint density at radius 1 is 1.70 bits per heavy atom. The molecule has 1 aromatic rings. The summed E-state index contributed by atoms with van der Waals surface area (Å²) in [5.74, 6) is 0. The van der Waals surface area contributed by atoms with Gasteiger partial charge < -0.3 is 16.4 Å². The summed E-state index contributed by atoms with van der Waals surface area (Å²) < 4.78 is 0. The minimum atomic E-state index is 0.972. The van der Waals surface area contributed by atoms with E-state index in [1.54, 1.807) is 17.5 Å². The van der Waals surface area contributed by atoms with Gasteiger partial charge in [-0.1, -0.05) is 0 Å². The van der Waals surface area contributed by atoms with Crippen molar-refractivity contribution in [3.8, 4) is 0 Å². The van der Waals surface area contributed by atoms with E-state index >= 15 is 0 Å². The van der Waals surface area contributed by atoms with Crippen LogP contribution < -0.4 is 5.32 Å². The van der Waals surface area contributed by atoms with Crippen LogP contribution in [0.25, 0.3) is 16.0 Å². The van der Waals surface area contributed by atoms with E-state index in [0.29, 0.717) is 0 Å². The molecule has 0 amide bonds. The van der Waals surface area contributed by atoms with Crippen molar-refractivity contribution in [1.82, 2.24) is 4.98 Å². The zero-order valence-electron chi connectivity index (χ0n) is 5.35. The highest BCUT2D eigenvalue weighted by atomic mass is 32.1. The van der Waals surface area contributed by atoms with Crippen LogP contribution in [-0.4, -0.2) is 12.0 Å². The van der Waals surface area contributed by atoms with Gasteiger partial charge in [0.15, 0.2) is 5.13 Å². The maximum atomic E-state index is 6.75. The van der Waals surface area contributed by atoms with Crippen LogP contribution in [-0.2, 0) is 0 Å². The lowest BCUT2D eigenvalue weighted by Gasteiger charge is -1.84. The Balaban J connectivity index is 0.000000236. The zero-order chi connectivity index (χ0) is 7.82.